The van der Waals surface area contributed by atoms with E-state index in [1.165, 1.54) is 12.1 Å². The zero-order chi connectivity index (χ0) is 12.9. The molecular weight excluding hydrogens is 238 g/mol. The van der Waals surface area contributed by atoms with Gasteiger partial charge in [-0.3, -0.25) is 0 Å². The van der Waals surface area contributed by atoms with Gasteiger partial charge in [-0.05, 0) is 18.1 Å². The number of phenols is 1. The Kier molecular flexibility index (Phi) is 4.96. The second-order valence-electron chi connectivity index (χ2n) is 4.00. The molecule has 0 aromatic heterocycles. The third kappa shape index (κ3) is 3.71. The normalized spacial score (nSPS) is 11.9. The summed E-state index contributed by atoms with van der Waals surface area (Å²) in [4.78, 5) is -0.0639. The molecular formula is C12H19NO3S. The van der Waals surface area contributed by atoms with Gasteiger partial charge in [0.15, 0.2) is 0 Å². The quantitative estimate of drug-likeness (QED) is 0.820. The highest BCUT2D eigenvalue weighted by Crippen LogP contribution is 2.21. The smallest absolute Gasteiger partial charge is 0.244 e. The van der Waals surface area contributed by atoms with E-state index in [4.69, 9.17) is 0 Å². The first-order valence-corrected chi connectivity index (χ1v) is 7.27. The molecule has 1 rings (SSSR count). The van der Waals surface area contributed by atoms with Gasteiger partial charge in [-0.1, -0.05) is 38.8 Å². The van der Waals surface area contributed by atoms with Crippen LogP contribution < -0.4 is 4.72 Å². The van der Waals surface area contributed by atoms with E-state index in [1.54, 1.807) is 12.1 Å². The van der Waals surface area contributed by atoms with E-state index in [2.05, 4.69) is 4.72 Å². The van der Waals surface area contributed by atoms with Crippen molar-refractivity contribution in [3.8, 4) is 5.75 Å². The molecule has 1 aromatic carbocycles. The largest absolute Gasteiger partial charge is 0.507 e. The van der Waals surface area contributed by atoms with Crippen LogP contribution in [0.4, 0.5) is 0 Å². The maximum Gasteiger partial charge on any atom is 0.244 e. The van der Waals surface area contributed by atoms with Crippen LogP contribution in [0.15, 0.2) is 29.2 Å². The highest BCUT2D eigenvalue weighted by molar-refractivity contribution is 7.89. The van der Waals surface area contributed by atoms with E-state index < -0.39 is 10.0 Å². The molecule has 1 aromatic rings. The molecule has 0 unspecified atom stereocenters. The summed E-state index contributed by atoms with van der Waals surface area (Å²) in [6, 6.07) is 5.94. The number of para-hydroxylation sites is 1. The van der Waals surface area contributed by atoms with Crippen molar-refractivity contribution in [1.82, 2.24) is 4.72 Å². The van der Waals surface area contributed by atoms with Crippen LogP contribution in [0.1, 0.15) is 26.7 Å². The fourth-order valence-electron chi connectivity index (χ4n) is 1.57. The van der Waals surface area contributed by atoms with Gasteiger partial charge in [-0.15, -0.1) is 0 Å². The maximum atomic E-state index is 11.9. The molecule has 0 spiro atoms. The zero-order valence-electron chi connectivity index (χ0n) is 10.2. The lowest BCUT2D eigenvalue weighted by molar-refractivity contribution is 0.454. The van der Waals surface area contributed by atoms with E-state index in [0.29, 0.717) is 12.5 Å². The van der Waals surface area contributed by atoms with E-state index in [9.17, 15) is 13.5 Å². The average molecular weight is 257 g/mol. The molecule has 0 aliphatic rings. The van der Waals surface area contributed by atoms with E-state index >= 15 is 0 Å². The number of nitrogens with one attached hydrogen (secondary N) is 1. The Morgan fingerprint density at radius 1 is 1.24 bits per heavy atom. The monoisotopic (exact) mass is 257 g/mol. The highest BCUT2D eigenvalue weighted by Gasteiger charge is 2.18. The van der Waals surface area contributed by atoms with Gasteiger partial charge in [-0.25, -0.2) is 13.1 Å². The molecule has 5 heteroatoms. The molecule has 4 nitrogen and oxygen atoms in total. The summed E-state index contributed by atoms with van der Waals surface area (Å²) < 4.78 is 26.4. The lowest BCUT2D eigenvalue weighted by atomic mass is 10.0. The second-order valence-corrected chi connectivity index (χ2v) is 5.74. The molecule has 0 amide bonds. The fraction of sp³-hybridized carbons (Fsp3) is 0.500. The van der Waals surface area contributed by atoms with Gasteiger partial charge < -0.3 is 5.11 Å². The summed E-state index contributed by atoms with van der Waals surface area (Å²) in [5.74, 6) is 0.111. The summed E-state index contributed by atoms with van der Waals surface area (Å²) >= 11 is 0. The Labute approximate surface area is 103 Å². The Morgan fingerprint density at radius 3 is 2.35 bits per heavy atom. The number of benzene rings is 1. The van der Waals surface area contributed by atoms with Gasteiger partial charge >= 0.3 is 0 Å². The summed E-state index contributed by atoms with van der Waals surface area (Å²) in [5.41, 5.74) is 0. The average Bonchev–Trinajstić information content (AvgIpc) is 2.30. The van der Waals surface area contributed by atoms with Crippen LogP contribution in [0.25, 0.3) is 0 Å². The Hall–Kier alpha value is -1.07. The van der Waals surface area contributed by atoms with Crippen molar-refractivity contribution in [1.29, 1.82) is 0 Å². The summed E-state index contributed by atoms with van der Waals surface area (Å²) in [7, 11) is -3.61. The van der Waals surface area contributed by atoms with Crippen molar-refractivity contribution in [2.45, 2.75) is 31.6 Å². The molecule has 0 aliphatic heterocycles. The fourth-order valence-corrected chi connectivity index (χ4v) is 2.78. The van der Waals surface area contributed by atoms with E-state index in [-0.39, 0.29) is 10.6 Å². The minimum absolute atomic E-state index is 0.0639. The van der Waals surface area contributed by atoms with Crippen molar-refractivity contribution in [3.05, 3.63) is 24.3 Å². The summed E-state index contributed by atoms with van der Waals surface area (Å²) in [6.45, 7) is 4.47. The summed E-state index contributed by atoms with van der Waals surface area (Å²) in [5, 5.41) is 9.51. The van der Waals surface area contributed by atoms with Gasteiger partial charge in [0.25, 0.3) is 0 Å². The predicted octanol–water partition coefficient (Wildman–Crippen LogP) is 2.11. The number of hydrogen-bond donors (Lipinski definition) is 2. The molecule has 0 heterocycles. The standard InChI is InChI=1S/C12H19NO3S/c1-3-10(4-2)9-13-17(15,16)12-8-6-5-7-11(12)14/h5-8,10,13-14H,3-4,9H2,1-2H3. The molecule has 0 aliphatic carbocycles. The van der Waals surface area contributed by atoms with Crippen LogP contribution in [-0.2, 0) is 10.0 Å². The number of aromatic hydroxyl groups is 1. The Morgan fingerprint density at radius 2 is 1.82 bits per heavy atom. The number of hydrogen-bond acceptors (Lipinski definition) is 3. The molecule has 0 bridgehead atoms. The van der Waals surface area contributed by atoms with Crippen molar-refractivity contribution in [2.75, 3.05) is 6.54 Å². The molecule has 2 N–H and O–H groups in total. The molecule has 96 valence electrons. The third-order valence-electron chi connectivity index (χ3n) is 2.87. The first-order valence-electron chi connectivity index (χ1n) is 5.79. The lowest BCUT2D eigenvalue weighted by Gasteiger charge is -2.14. The van der Waals surface area contributed by atoms with Crippen molar-refractivity contribution < 1.29 is 13.5 Å². The molecule has 17 heavy (non-hydrogen) atoms. The SMILES string of the molecule is CCC(CC)CNS(=O)(=O)c1ccccc1O. The van der Waals surface area contributed by atoms with Crippen LogP contribution >= 0.6 is 0 Å². The first-order chi connectivity index (χ1) is 8.01. The Bertz CT molecular complexity index is 453. The van der Waals surface area contributed by atoms with Gasteiger partial charge in [0, 0.05) is 6.54 Å². The van der Waals surface area contributed by atoms with Gasteiger partial charge in [-0.2, -0.15) is 0 Å². The summed E-state index contributed by atoms with van der Waals surface area (Å²) in [6.07, 6.45) is 1.86. The molecule has 0 atom stereocenters. The second kappa shape index (κ2) is 6.02. The molecule has 0 saturated heterocycles. The number of sulfonamides is 1. The highest BCUT2D eigenvalue weighted by atomic mass is 32.2. The van der Waals surface area contributed by atoms with E-state index in [1.807, 2.05) is 13.8 Å². The van der Waals surface area contributed by atoms with Crippen LogP contribution in [0.5, 0.6) is 5.75 Å². The number of rotatable bonds is 6. The van der Waals surface area contributed by atoms with Crippen LogP contribution in [0.3, 0.4) is 0 Å². The number of phenolic OH excluding ortho intramolecular Hbond substituents is 1. The van der Waals surface area contributed by atoms with Gasteiger partial charge in [0.2, 0.25) is 10.0 Å². The molecule has 0 saturated carbocycles. The van der Waals surface area contributed by atoms with Gasteiger partial charge in [0.1, 0.15) is 10.6 Å². The van der Waals surface area contributed by atoms with Crippen LogP contribution in [0, 0.1) is 5.92 Å². The maximum absolute atomic E-state index is 11.9. The molecule has 0 fully saturated rings. The minimum Gasteiger partial charge on any atom is -0.507 e. The minimum atomic E-state index is -3.61. The van der Waals surface area contributed by atoms with Crippen LogP contribution in [-0.4, -0.2) is 20.1 Å². The topological polar surface area (TPSA) is 66.4 Å². The van der Waals surface area contributed by atoms with Gasteiger partial charge in [0.05, 0.1) is 0 Å². The van der Waals surface area contributed by atoms with E-state index in [0.717, 1.165) is 12.8 Å². The predicted molar refractivity (Wildman–Crippen MR) is 67.4 cm³/mol. The van der Waals surface area contributed by atoms with Crippen molar-refractivity contribution >= 4 is 10.0 Å². The molecule has 0 radical (unpaired) electrons. The zero-order valence-corrected chi connectivity index (χ0v) is 11.0. The van der Waals surface area contributed by atoms with Crippen molar-refractivity contribution in [3.63, 3.8) is 0 Å². The lowest BCUT2D eigenvalue weighted by Crippen LogP contribution is -2.29. The first kappa shape index (κ1) is 14.0. The van der Waals surface area contributed by atoms with Crippen LogP contribution in [0.2, 0.25) is 0 Å². The third-order valence-corrected chi connectivity index (χ3v) is 4.34. The van der Waals surface area contributed by atoms with Crippen molar-refractivity contribution in [2.24, 2.45) is 5.92 Å². The Balaban J connectivity index is 2.80.